The van der Waals surface area contributed by atoms with Gasteiger partial charge >= 0.3 is 5.97 Å². The lowest BCUT2D eigenvalue weighted by molar-refractivity contribution is -0.124. The number of amides is 2. The second-order valence-corrected chi connectivity index (χ2v) is 5.94. The number of nitrogens with zero attached hydrogens (tertiary/aromatic N) is 2. The van der Waals surface area contributed by atoms with Gasteiger partial charge in [-0.25, -0.2) is 9.78 Å². The maximum atomic E-state index is 12.8. The number of carbonyl (C=O) groups is 3. The molecule has 1 aromatic heterocycles. The number of nitrogens with one attached hydrogen (secondary N) is 2. The highest BCUT2D eigenvalue weighted by Gasteiger charge is 2.32. The number of para-hydroxylation sites is 2. The standard InChI is InChI=1S/C18H14N4O4/c23-15-9-14(16(24)19-11-5-3-4-10(8-11)17(25)26)22-13-7-2-1-6-12(13)20-18(22)21-15/h1-8,14H,9H2,(H,19,24)(H,25,26)(H,20,21,23)/t14-/m1/s1. The topological polar surface area (TPSA) is 113 Å². The van der Waals surface area contributed by atoms with E-state index < -0.39 is 17.9 Å². The Hall–Kier alpha value is -3.68. The van der Waals surface area contributed by atoms with E-state index in [1.54, 1.807) is 22.8 Å². The molecule has 8 heteroatoms. The summed E-state index contributed by atoms with van der Waals surface area (Å²) in [7, 11) is 0. The van der Waals surface area contributed by atoms with Crippen LogP contribution in [-0.4, -0.2) is 32.4 Å². The second-order valence-electron chi connectivity index (χ2n) is 5.94. The Morgan fingerprint density at radius 1 is 1.19 bits per heavy atom. The summed E-state index contributed by atoms with van der Waals surface area (Å²) in [4.78, 5) is 40.2. The van der Waals surface area contributed by atoms with Crippen molar-refractivity contribution in [3.8, 4) is 0 Å². The number of aromatic nitrogens is 2. The minimum Gasteiger partial charge on any atom is -0.478 e. The van der Waals surface area contributed by atoms with Crippen LogP contribution in [0.4, 0.5) is 11.6 Å². The lowest BCUT2D eigenvalue weighted by Crippen LogP contribution is -2.35. The lowest BCUT2D eigenvalue weighted by Gasteiger charge is -2.25. The molecule has 1 aliphatic rings. The summed E-state index contributed by atoms with van der Waals surface area (Å²) in [6, 6.07) is 12.5. The van der Waals surface area contributed by atoms with Gasteiger partial charge in [0.1, 0.15) is 6.04 Å². The predicted octanol–water partition coefficient (Wildman–Crippen LogP) is 2.26. The molecule has 8 nitrogen and oxygen atoms in total. The molecule has 0 saturated carbocycles. The number of carbonyl (C=O) groups excluding carboxylic acids is 2. The van der Waals surface area contributed by atoms with Crippen molar-refractivity contribution >= 4 is 40.5 Å². The highest BCUT2D eigenvalue weighted by molar-refractivity contribution is 6.03. The molecule has 3 N–H and O–H groups in total. The van der Waals surface area contributed by atoms with Crippen LogP contribution in [0.2, 0.25) is 0 Å². The Labute approximate surface area is 147 Å². The molecule has 2 aromatic carbocycles. The molecular formula is C18H14N4O4. The van der Waals surface area contributed by atoms with Crippen LogP contribution in [0.5, 0.6) is 0 Å². The van der Waals surface area contributed by atoms with E-state index in [1.807, 2.05) is 18.2 Å². The summed E-state index contributed by atoms with van der Waals surface area (Å²) in [6.07, 6.45) is -0.0300. The van der Waals surface area contributed by atoms with E-state index in [-0.39, 0.29) is 17.9 Å². The lowest BCUT2D eigenvalue weighted by atomic mass is 10.1. The van der Waals surface area contributed by atoms with Gasteiger partial charge in [-0.05, 0) is 30.3 Å². The molecule has 1 atom stereocenters. The van der Waals surface area contributed by atoms with Crippen molar-refractivity contribution in [2.24, 2.45) is 0 Å². The Morgan fingerprint density at radius 2 is 2.00 bits per heavy atom. The first kappa shape index (κ1) is 15.8. The molecule has 0 aliphatic carbocycles. The van der Waals surface area contributed by atoms with Gasteiger partial charge in [0, 0.05) is 5.69 Å². The Morgan fingerprint density at radius 3 is 2.81 bits per heavy atom. The molecule has 2 amide bonds. The average molecular weight is 350 g/mol. The van der Waals surface area contributed by atoms with Crippen LogP contribution < -0.4 is 10.6 Å². The number of hydrogen-bond acceptors (Lipinski definition) is 4. The van der Waals surface area contributed by atoms with Crippen molar-refractivity contribution < 1.29 is 19.5 Å². The van der Waals surface area contributed by atoms with Gasteiger partial charge in [-0.1, -0.05) is 18.2 Å². The number of imidazole rings is 1. The van der Waals surface area contributed by atoms with Crippen LogP contribution >= 0.6 is 0 Å². The van der Waals surface area contributed by atoms with E-state index in [4.69, 9.17) is 5.11 Å². The number of anilines is 2. The van der Waals surface area contributed by atoms with Gasteiger partial charge in [-0.3, -0.25) is 19.5 Å². The van der Waals surface area contributed by atoms with Gasteiger partial charge in [-0.15, -0.1) is 0 Å². The molecule has 0 unspecified atom stereocenters. The van der Waals surface area contributed by atoms with E-state index in [0.29, 0.717) is 17.2 Å². The van der Waals surface area contributed by atoms with E-state index >= 15 is 0 Å². The van der Waals surface area contributed by atoms with Crippen molar-refractivity contribution in [3.63, 3.8) is 0 Å². The van der Waals surface area contributed by atoms with Crippen molar-refractivity contribution in [2.75, 3.05) is 10.6 Å². The monoisotopic (exact) mass is 350 g/mol. The molecule has 3 aromatic rings. The number of fused-ring (bicyclic) bond motifs is 3. The number of benzene rings is 2. The molecule has 26 heavy (non-hydrogen) atoms. The van der Waals surface area contributed by atoms with Gasteiger partial charge in [0.2, 0.25) is 17.8 Å². The van der Waals surface area contributed by atoms with E-state index in [1.165, 1.54) is 12.1 Å². The fourth-order valence-electron chi connectivity index (χ4n) is 3.06. The minimum atomic E-state index is -1.08. The zero-order valence-electron chi connectivity index (χ0n) is 13.5. The largest absolute Gasteiger partial charge is 0.478 e. The Bertz CT molecular complexity index is 1060. The number of rotatable bonds is 3. The van der Waals surface area contributed by atoms with E-state index in [9.17, 15) is 14.4 Å². The predicted molar refractivity (Wildman–Crippen MR) is 94.0 cm³/mol. The molecule has 0 bridgehead atoms. The third-order valence-electron chi connectivity index (χ3n) is 4.22. The third kappa shape index (κ3) is 2.67. The van der Waals surface area contributed by atoms with E-state index in [0.717, 1.165) is 5.52 Å². The normalized spacial score (nSPS) is 16.0. The Balaban J connectivity index is 1.70. The zero-order valence-corrected chi connectivity index (χ0v) is 13.5. The number of carboxylic acid groups (broad SMARTS) is 1. The van der Waals surface area contributed by atoms with Gasteiger partial charge in [0.25, 0.3) is 0 Å². The van der Waals surface area contributed by atoms with Crippen LogP contribution in [0.25, 0.3) is 11.0 Å². The van der Waals surface area contributed by atoms with Crippen LogP contribution in [0.3, 0.4) is 0 Å². The first-order valence-electron chi connectivity index (χ1n) is 7.94. The zero-order chi connectivity index (χ0) is 18.3. The van der Waals surface area contributed by atoms with Gasteiger partial charge in [0.05, 0.1) is 23.0 Å². The van der Waals surface area contributed by atoms with Crippen molar-refractivity contribution in [1.29, 1.82) is 0 Å². The molecule has 1 aliphatic heterocycles. The van der Waals surface area contributed by atoms with Crippen LogP contribution in [0, 0.1) is 0 Å². The quantitative estimate of drug-likeness (QED) is 0.670. The minimum absolute atomic E-state index is 0.0300. The summed E-state index contributed by atoms with van der Waals surface area (Å²) in [5.74, 6) is -1.47. The molecule has 4 rings (SSSR count). The van der Waals surface area contributed by atoms with Crippen LogP contribution in [0.15, 0.2) is 48.5 Å². The molecule has 0 radical (unpaired) electrons. The first-order valence-corrected chi connectivity index (χ1v) is 7.94. The first-order chi connectivity index (χ1) is 12.5. The molecule has 2 heterocycles. The average Bonchev–Trinajstić information content (AvgIpc) is 2.99. The highest BCUT2D eigenvalue weighted by Crippen LogP contribution is 2.31. The number of hydrogen-bond donors (Lipinski definition) is 3. The van der Waals surface area contributed by atoms with Gasteiger partial charge in [-0.2, -0.15) is 0 Å². The maximum absolute atomic E-state index is 12.8. The molecular weight excluding hydrogens is 336 g/mol. The smallest absolute Gasteiger partial charge is 0.335 e. The summed E-state index contributed by atoms with van der Waals surface area (Å²) in [6.45, 7) is 0. The van der Waals surface area contributed by atoms with Gasteiger partial charge in [0.15, 0.2) is 0 Å². The third-order valence-corrected chi connectivity index (χ3v) is 4.22. The summed E-state index contributed by atoms with van der Waals surface area (Å²) >= 11 is 0. The van der Waals surface area contributed by atoms with Gasteiger partial charge < -0.3 is 10.4 Å². The van der Waals surface area contributed by atoms with E-state index in [2.05, 4.69) is 15.6 Å². The van der Waals surface area contributed by atoms with Crippen LogP contribution in [-0.2, 0) is 9.59 Å². The number of aromatic carboxylic acids is 1. The Kier molecular flexibility index (Phi) is 3.65. The fourth-order valence-corrected chi connectivity index (χ4v) is 3.06. The number of carboxylic acids is 1. The van der Waals surface area contributed by atoms with Crippen LogP contribution in [0.1, 0.15) is 22.8 Å². The molecule has 0 spiro atoms. The summed E-state index contributed by atoms with van der Waals surface area (Å²) < 4.78 is 1.69. The summed E-state index contributed by atoms with van der Waals surface area (Å²) in [5.41, 5.74) is 1.84. The molecule has 0 fully saturated rings. The second kappa shape index (κ2) is 5.99. The van der Waals surface area contributed by atoms with Crippen molar-refractivity contribution in [2.45, 2.75) is 12.5 Å². The maximum Gasteiger partial charge on any atom is 0.335 e. The van der Waals surface area contributed by atoms with Crippen molar-refractivity contribution in [1.82, 2.24) is 9.55 Å². The highest BCUT2D eigenvalue weighted by atomic mass is 16.4. The molecule has 0 saturated heterocycles. The fraction of sp³-hybridized carbons (Fsp3) is 0.111. The molecule has 130 valence electrons. The van der Waals surface area contributed by atoms with Crippen molar-refractivity contribution in [3.05, 3.63) is 54.1 Å². The SMILES string of the molecule is O=C1C[C@H](C(=O)Nc2cccc(C(=O)O)c2)n2c(nc3ccccc32)N1. The summed E-state index contributed by atoms with van der Waals surface area (Å²) in [5, 5.41) is 14.4.